The van der Waals surface area contributed by atoms with Gasteiger partial charge in [0.15, 0.2) is 0 Å². The van der Waals surface area contributed by atoms with Crippen LogP contribution in [0.25, 0.3) is 0 Å². The lowest BCUT2D eigenvalue weighted by Crippen LogP contribution is -2.52. The number of likely N-dealkylation sites (N-methyl/N-ethyl adjacent to an activating group) is 1. The molecule has 34 heavy (non-hydrogen) atoms. The number of hydrogen-bond acceptors (Lipinski definition) is 6. The summed E-state index contributed by atoms with van der Waals surface area (Å²) < 4.78 is 9.94. The number of carbonyl (C=O) groups is 4. The van der Waals surface area contributed by atoms with Crippen LogP contribution in [-0.4, -0.2) is 61.1 Å². The molecule has 0 aliphatic rings. The number of methoxy groups -OCH3 is 1. The second-order valence-electron chi connectivity index (χ2n) is 9.83. The highest BCUT2D eigenvalue weighted by Gasteiger charge is 2.35. The van der Waals surface area contributed by atoms with Crippen molar-refractivity contribution in [2.45, 2.75) is 72.6 Å². The van der Waals surface area contributed by atoms with E-state index in [2.05, 4.69) is 15.4 Å². The van der Waals surface area contributed by atoms with E-state index in [0.717, 1.165) is 11.1 Å². The van der Waals surface area contributed by atoms with Gasteiger partial charge in [0, 0.05) is 7.05 Å². The Bertz CT molecular complexity index is 891. The fraction of sp³-hybridized carbons (Fsp3) is 0.600. The number of alkyl carbamates (subject to hydrolysis) is 1. The molecule has 0 saturated heterocycles. The van der Waals surface area contributed by atoms with Crippen LogP contribution in [0.2, 0.25) is 0 Å². The number of nitrogens with one attached hydrogen (secondary N) is 2. The lowest BCUT2D eigenvalue weighted by atomic mass is 9.95. The third-order valence-electron chi connectivity index (χ3n) is 5.04. The summed E-state index contributed by atoms with van der Waals surface area (Å²) in [5.41, 5.74) is 1.62. The fourth-order valence-corrected chi connectivity index (χ4v) is 3.42. The van der Waals surface area contributed by atoms with E-state index in [-0.39, 0.29) is 12.5 Å². The second kappa shape index (κ2) is 12.4. The average Bonchev–Trinajstić information content (AvgIpc) is 2.71. The summed E-state index contributed by atoms with van der Waals surface area (Å²) in [5, 5.41) is 5.20. The zero-order valence-corrected chi connectivity index (χ0v) is 21.8. The van der Waals surface area contributed by atoms with Gasteiger partial charge in [-0.1, -0.05) is 37.6 Å². The molecule has 0 bridgehead atoms. The van der Waals surface area contributed by atoms with E-state index in [4.69, 9.17) is 4.74 Å². The van der Waals surface area contributed by atoms with Crippen LogP contribution < -0.4 is 10.6 Å². The Labute approximate surface area is 202 Å². The van der Waals surface area contributed by atoms with Crippen LogP contribution in [0, 0.1) is 19.8 Å². The molecule has 2 atom stereocenters. The van der Waals surface area contributed by atoms with Gasteiger partial charge in [0.2, 0.25) is 11.8 Å². The van der Waals surface area contributed by atoms with Crippen LogP contribution in [0.15, 0.2) is 18.2 Å². The second-order valence-corrected chi connectivity index (χ2v) is 9.83. The normalized spacial score (nSPS) is 13.0. The summed E-state index contributed by atoms with van der Waals surface area (Å²) in [6.07, 6.45) is -0.357. The topological polar surface area (TPSA) is 114 Å². The van der Waals surface area contributed by atoms with Gasteiger partial charge in [0.05, 0.1) is 7.11 Å². The maximum atomic E-state index is 13.6. The van der Waals surface area contributed by atoms with Crippen molar-refractivity contribution in [3.8, 4) is 0 Å². The number of ether oxygens (including phenoxy) is 2. The number of amides is 3. The van der Waals surface area contributed by atoms with E-state index in [1.165, 1.54) is 19.1 Å². The van der Waals surface area contributed by atoms with Crippen molar-refractivity contribution in [1.82, 2.24) is 15.5 Å². The monoisotopic (exact) mass is 477 g/mol. The summed E-state index contributed by atoms with van der Waals surface area (Å²) in [6.45, 7) is 12.5. The Kier molecular flexibility index (Phi) is 10.5. The number of nitrogens with zero attached hydrogens (tertiary/aromatic N) is 1. The van der Waals surface area contributed by atoms with Gasteiger partial charge >= 0.3 is 12.1 Å². The molecule has 3 amide bonds. The first kappa shape index (κ1) is 28.9. The van der Waals surface area contributed by atoms with Crippen LogP contribution in [-0.2, 0) is 23.9 Å². The van der Waals surface area contributed by atoms with Crippen molar-refractivity contribution in [3.05, 3.63) is 34.9 Å². The largest absolute Gasteiger partial charge is 0.468 e. The first-order valence-corrected chi connectivity index (χ1v) is 11.3. The number of hydrogen-bond donors (Lipinski definition) is 2. The van der Waals surface area contributed by atoms with Gasteiger partial charge in [-0.25, -0.2) is 4.79 Å². The van der Waals surface area contributed by atoms with E-state index in [9.17, 15) is 19.2 Å². The van der Waals surface area contributed by atoms with E-state index < -0.39 is 41.6 Å². The van der Waals surface area contributed by atoms with Gasteiger partial charge in [-0.2, -0.15) is 0 Å². The minimum Gasteiger partial charge on any atom is -0.468 e. The maximum Gasteiger partial charge on any atom is 0.408 e. The highest BCUT2D eigenvalue weighted by Crippen LogP contribution is 2.26. The van der Waals surface area contributed by atoms with Crippen LogP contribution in [0.1, 0.15) is 63.8 Å². The standard InChI is InChI=1S/C25H39N3O6/c1-15(2)12-19(27-24(32)34-25(5,6)7)23(31)28(8)21(22(30)26-14-20(29)33-9)18-13-16(3)10-11-17(18)4/h10-11,13,15,19,21H,12,14H2,1-9H3,(H,26,30)(H,27,32). The first-order valence-electron chi connectivity index (χ1n) is 11.3. The van der Waals surface area contributed by atoms with Gasteiger partial charge < -0.3 is 25.0 Å². The zero-order chi connectivity index (χ0) is 26.2. The predicted octanol–water partition coefficient (Wildman–Crippen LogP) is 3.03. The molecule has 2 N–H and O–H groups in total. The Balaban J connectivity index is 3.32. The van der Waals surface area contributed by atoms with Gasteiger partial charge in [-0.15, -0.1) is 0 Å². The number of rotatable bonds is 9. The van der Waals surface area contributed by atoms with Gasteiger partial charge in [-0.3, -0.25) is 14.4 Å². The van der Waals surface area contributed by atoms with Crippen LogP contribution in [0.3, 0.4) is 0 Å². The molecule has 190 valence electrons. The number of aryl methyl sites for hydroxylation is 2. The molecule has 2 unspecified atom stereocenters. The maximum absolute atomic E-state index is 13.6. The van der Waals surface area contributed by atoms with Crippen LogP contribution >= 0.6 is 0 Å². The highest BCUT2D eigenvalue weighted by molar-refractivity contribution is 5.93. The number of carbonyl (C=O) groups excluding carboxylic acids is 4. The molecule has 0 aliphatic carbocycles. The Morgan fingerprint density at radius 3 is 2.24 bits per heavy atom. The number of benzene rings is 1. The molecule has 0 saturated carbocycles. The fourth-order valence-electron chi connectivity index (χ4n) is 3.42. The molecule has 0 fully saturated rings. The molecular formula is C25H39N3O6. The van der Waals surface area contributed by atoms with Crippen molar-refractivity contribution < 1.29 is 28.7 Å². The third-order valence-corrected chi connectivity index (χ3v) is 5.04. The smallest absolute Gasteiger partial charge is 0.408 e. The van der Waals surface area contributed by atoms with Crippen LogP contribution in [0.5, 0.6) is 0 Å². The molecule has 0 aliphatic heterocycles. The molecule has 1 aromatic carbocycles. The van der Waals surface area contributed by atoms with Crippen LogP contribution in [0.4, 0.5) is 4.79 Å². The van der Waals surface area contributed by atoms with Crippen molar-refractivity contribution >= 4 is 23.9 Å². The Morgan fingerprint density at radius 1 is 1.09 bits per heavy atom. The SMILES string of the molecule is COC(=O)CNC(=O)C(c1cc(C)ccc1C)N(C)C(=O)C(CC(C)C)NC(=O)OC(C)(C)C. The molecular weight excluding hydrogens is 438 g/mol. The lowest BCUT2D eigenvalue weighted by molar-refractivity contribution is -0.144. The van der Waals surface area contributed by atoms with E-state index >= 15 is 0 Å². The first-order chi connectivity index (χ1) is 15.7. The molecule has 0 spiro atoms. The van der Waals surface area contributed by atoms with E-state index in [1.54, 1.807) is 20.8 Å². The number of esters is 1. The Hall–Kier alpha value is -3.10. The molecule has 1 rings (SSSR count). The van der Waals surface area contributed by atoms with E-state index in [1.807, 2.05) is 45.9 Å². The van der Waals surface area contributed by atoms with Gasteiger partial charge in [0.25, 0.3) is 0 Å². The summed E-state index contributed by atoms with van der Waals surface area (Å²) in [4.78, 5) is 52.1. The quantitative estimate of drug-likeness (QED) is 0.529. The zero-order valence-electron chi connectivity index (χ0n) is 21.8. The van der Waals surface area contributed by atoms with Crippen molar-refractivity contribution in [2.75, 3.05) is 20.7 Å². The summed E-state index contributed by atoms with van der Waals surface area (Å²) in [6, 6.07) is 3.69. The predicted molar refractivity (Wildman–Crippen MR) is 129 cm³/mol. The summed E-state index contributed by atoms with van der Waals surface area (Å²) >= 11 is 0. The lowest BCUT2D eigenvalue weighted by Gasteiger charge is -2.33. The molecule has 1 aromatic rings. The Morgan fingerprint density at radius 2 is 1.71 bits per heavy atom. The molecule has 0 radical (unpaired) electrons. The van der Waals surface area contributed by atoms with E-state index in [0.29, 0.717) is 12.0 Å². The molecule has 9 heteroatoms. The molecule has 9 nitrogen and oxygen atoms in total. The van der Waals surface area contributed by atoms with Gasteiger partial charge in [-0.05, 0) is 58.1 Å². The average molecular weight is 478 g/mol. The third kappa shape index (κ3) is 9.03. The highest BCUT2D eigenvalue weighted by atomic mass is 16.6. The van der Waals surface area contributed by atoms with Crippen molar-refractivity contribution in [2.24, 2.45) is 5.92 Å². The minimum atomic E-state index is -1.02. The van der Waals surface area contributed by atoms with Crippen molar-refractivity contribution in [1.29, 1.82) is 0 Å². The minimum absolute atomic E-state index is 0.0876. The van der Waals surface area contributed by atoms with Gasteiger partial charge in [0.1, 0.15) is 24.2 Å². The summed E-state index contributed by atoms with van der Waals surface area (Å²) in [5.74, 6) is -1.50. The molecule has 0 heterocycles. The summed E-state index contributed by atoms with van der Waals surface area (Å²) in [7, 11) is 2.74. The van der Waals surface area contributed by atoms with Crippen molar-refractivity contribution in [3.63, 3.8) is 0 Å². The molecule has 0 aromatic heterocycles.